The number of carboxylic acid groups (broad SMARTS) is 1. The predicted octanol–water partition coefficient (Wildman–Crippen LogP) is 2.19. The van der Waals surface area contributed by atoms with E-state index in [0.29, 0.717) is 5.56 Å². The molecule has 5 heteroatoms. The summed E-state index contributed by atoms with van der Waals surface area (Å²) in [6.45, 7) is 0. The number of nitrogen functional groups attached to an aromatic ring is 1. The lowest BCUT2D eigenvalue weighted by Crippen LogP contribution is -2.11. The Morgan fingerprint density at radius 2 is 1.74 bits per heavy atom. The highest BCUT2D eigenvalue weighted by atomic mass is 16.5. The van der Waals surface area contributed by atoms with Gasteiger partial charge < -0.3 is 15.6 Å². The van der Waals surface area contributed by atoms with E-state index in [0.717, 1.165) is 0 Å². The fraction of sp³-hybridized carbons (Fsp3) is 0. The number of rotatable bonds is 3. The van der Waals surface area contributed by atoms with Crippen LogP contribution in [0.2, 0.25) is 0 Å². The van der Waals surface area contributed by atoms with Gasteiger partial charge in [-0.3, -0.25) is 0 Å². The number of carbonyl (C=O) groups excluding carboxylic acids is 1. The van der Waals surface area contributed by atoms with Crippen LogP contribution in [0.3, 0.4) is 0 Å². The Balaban J connectivity index is 2.29. The highest BCUT2D eigenvalue weighted by molar-refractivity contribution is 5.96. The summed E-state index contributed by atoms with van der Waals surface area (Å²) in [4.78, 5) is 22.9. The largest absolute Gasteiger partial charge is 0.478 e. The summed E-state index contributed by atoms with van der Waals surface area (Å²) in [6, 6.07) is 12.4. The van der Waals surface area contributed by atoms with E-state index < -0.39 is 11.9 Å². The zero-order valence-corrected chi connectivity index (χ0v) is 9.87. The van der Waals surface area contributed by atoms with Gasteiger partial charge in [0.2, 0.25) is 0 Å². The van der Waals surface area contributed by atoms with Gasteiger partial charge in [-0.2, -0.15) is 0 Å². The minimum absolute atomic E-state index is 0.0319. The van der Waals surface area contributed by atoms with Crippen LogP contribution >= 0.6 is 0 Å². The monoisotopic (exact) mass is 257 g/mol. The summed E-state index contributed by atoms with van der Waals surface area (Å²) < 4.78 is 5.07. The van der Waals surface area contributed by atoms with Crippen molar-refractivity contribution in [3.8, 4) is 5.75 Å². The summed E-state index contributed by atoms with van der Waals surface area (Å²) in [6.07, 6.45) is 0. The van der Waals surface area contributed by atoms with E-state index in [4.69, 9.17) is 15.6 Å². The first-order valence-electron chi connectivity index (χ1n) is 5.48. The van der Waals surface area contributed by atoms with Crippen molar-refractivity contribution in [3.05, 3.63) is 59.7 Å². The summed E-state index contributed by atoms with van der Waals surface area (Å²) in [7, 11) is 0. The zero-order chi connectivity index (χ0) is 13.8. The Morgan fingerprint density at radius 3 is 2.37 bits per heavy atom. The molecule has 0 atom stereocenters. The van der Waals surface area contributed by atoms with Crippen LogP contribution in [-0.4, -0.2) is 17.0 Å². The molecule has 2 aromatic carbocycles. The smallest absolute Gasteiger partial charge is 0.343 e. The van der Waals surface area contributed by atoms with E-state index in [2.05, 4.69) is 0 Å². The lowest BCUT2D eigenvalue weighted by Gasteiger charge is -2.08. The van der Waals surface area contributed by atoms with Crippen LogP contribution in [0, 0.1) is 0 Å². The Kier molecular flexibility index (Phi) is 3.47. The molecule has 0 fully saturated rings. The van der Waals surface area contributed by atoms with Crippen molar-refractivity contribution in [1.82, 2.24) is 0 Å². The fourth-order valence-electron chi connectivity index (χ4n) is 1.54. The average molecular weight is 257 g/mol. The molecule has 0 aliphatic rings. The second kappa shape index (κ2) is 5.22. The van der Waals surface area contributed by atoms with Gasteiger partial charge in [0.25, 0.3) is 0 Å². The first-order valence-corrected chi connectivity index (χ1v) is 5.48. The molecule has 0 aliphatic heterocycles. The highest BCUT2D eigenvalue weighted by Crippen LogP contribution is 2.22. The molecule has 2 aromatic rings. The molecule has 5 nitrogen and oxygen atoms in total. The van der Waals surface area contributed by atoms with Gasteiger partial charge in [-0.25, -0.2) is 9.59 Å². The number of nitrogens with two attached hydrogens (primary N) is 1. The van der Waals surface area contributed by atoms with Crippen molar-refractivity contribution >= 4 is 17.6 Å². The number of hydrogen-bond acceptors (Lipinski definition) is 4. The summed E-state index contributed by atoms with van der Waals surface area (Å²) >= 11 is 0. The van der Waals surface area contributed by atoms with Crippen LogP contribution in [0.5, 0.6) is 5.75 Å². The van der Waals surface area contributed by atoms with E-state index in [1.807, 2.05) is 0 Å². The number of anilines is 1. The first kappa shape index (κ1) is 12.6. The second-order valence-electron chi connectivity index (χ2n) is 3.82. The predicted molar refractivity (Wildman–Crippen MR) is 69.2 cm³/mol. The Hall–Kier alpha value is -2.82. The molecule has 19 heavy (non-hydrogen) atoms. The maximum absolute atomic E-state index is 11.8. The third-order valence-corrected chi connectivity index (χ3v) is 2.45. The molecule has 96 valence electrons. The highest BCUT2D eigenvalue weighted by Gasteiger charge is 2.15. The Morgan fingerprint density at radius 1 is 1.05 bits per heavy atom. The fourth-order valence-corrected chi connectivity index (χ4v) is 1.54. The topological polar surface area (TPSA) is 89.6 Å². The maximum atomic E-state index is 11.8. The quantitative estimate of drug-likeness (QED) is 0.499. The van der Waals surface area contributed by atoms with Gasteiger partial charge in [-0.05, 0) is 30.3 Å². The van der Waals surface area contributed by atoms with E-state index in [1.165, 1.54) is 18.2 Å². The summed E-state index contributed by atoms with van der Waals surface area (Å²) in [5, 5.41) is 9.03. The van der Waals surface area contributed by atoms with Crippen LogP contribution in [0.25, 0.3) is 0 Å². The molecule has 0 heterocycles. The van der Waals surface area contributed by atoms with Crippen molar-refractivity contribution < 1.29 is 19.4 Å². The Labute approximate surface area is 109 Å². The van der Waals surface area contributed by atoms with Crippen molar-refractivity contribution in [2.75, 3.05) is 5.73 Å². The van der Waals surface area contributed by atoms with Crippen molar-refractivity contribution in [2.45, 2.75) is 0 Å². The van der Waals surface area contributed by atoms with Gasteiger partial charge in [0, 0.05) is 5.69 Å². The molecular weight excluding hydrogens is 246 g/mol. The van der Waals surface area contributed by atoms with E-state index >= 15 is 0 Å². The lowest BCUT2D eigenvalue weighted by molar-refractivity contribution is 0.0681. The van der Waals surface area contributed by atoms with Crippen molar-refractivity contribution in [2.24, 2.45) is 0 Å². The molecule has 0 aromatic heterocycles. The number of esters is 1. The number of carboxylic acids is 1. The second-order valence-corrected chi connectivity index (χ2v) is 3.82. The molecule has 0 saturated carbocycles. The SMILES string of the molecule is Nc1ccc(OC(=O)c2ccccc2)c(C(=O)O)c1. The Bertz CT molecular complexity index is 623. The average Bonchev–Trinajstić information content (AvgIpc) is 2.41. The van der Waals surface area contributed by atoms with E-state index in [-0.39, 0.29) is 17.0 Å². The standard InChI is InChI=1S/C14H11NO4/c15-10-6-7-12(11(8-10)13(16)17)19-14(18)9-4-2-1-3-5-9/h1-8H,15H2,(H,16,17). The van der Waals surface area contributed by atoms with Gasteiger partial charge in [-0.15, -0.1) is 0 Å². The third-order valence-electron chi connectivity index (χ3n) is 2.45. The first-order chi connectivity index (χ1) is 9.08. The van der Waals surface area contributed by atoms with Crippen LogP contribution < -0.4 is 10.5 Å². The maximum Gasteiger partial charge on any atom is 0.343 e. The van der Waals surface area contributed by atoms with Gasteiger partial charge in [0.15, 0.2) is 0 Å². The van der Waals surface area contributed by atoms with Crippen LogP contribution in [-0.2, 0) is 0 Å². The number of ether oxygens (including phenoxy) is 1. The van der Waals surface area contributed by atoms with Gasteiger partial charge >= 0.3 is 11.9 Å². The van der Waals surface area contributed by atoms with Crippen LogP contribution in [0.4, 0.5) is 5.69 Å². The molecule has 0 unspecified atom stereocenters. The molecular formula is C14H11NO4. The van der Waals surface area contributed by atoms with Crippen molar-refractivity contribution in [3.63, 3.8) is 0 Å². The number of benzene rings is 2. The molecule has 2 rings (SSSR count). The van der Waals surface area contributed by atoms with Crippen LogP contribution in [0.1, 0.15) is 20.7 Å². The minimum atomic E-state index is -1.21. The zero-order valence-electron chi connectivity index (χ0n) is 9.87. The lowest BCUT2D eigenvalue weighted by atomic mass is 10.1. The molecule has 0 amide bonds. The molecule has 0 saturated heterocycles. The van der Waals surface area contributed by atoms with Crippen molar-refractivity contribution in [1.29, 1.82) is 0 Å². The number of hydrogen-bond donors (Lipinski definition) is 2. The summed E-state index contributed by atoms with van der Waals surface area (Å²) in [5.41, 5.74) is 5.99. The molecule has 0 bridgehead atoms. The number of aromatic carboxylic acids is 1. The molecule has 0 spiro atoms. The molecule has 0 radical (unpaired) electrons. The molecule has 3 N–H and O–H groups in total. The van der Waals surface area contributed by atoms with Gasteiger partial charge in [0.05, 0.1) is 5.56 Å². The van der Waals surface area contributed by atoms with E-state index in [1.54, 1.807) is 30.3 Å². The van der Waals surface area contributed by atoms with Crippen LogP contribution in [0.15, 0.2) is 48.5 Å². The third kappa shape index (κ3) is 2.90. The van der Waals surface area contributed by atoms with E-state index in [9.17, 15) is 9.59 Å². The minimum Gasteiger partial charge on any atom is -0.478 e. The molecule has 0 aliphatic carbocycles. The van der Waals surface area contributed by atoms with Gasteiger partial charge in [-0.1, -0.05) is 18.2 Å². The summed E-state index contributed by atoms with van der Waals surface area (Å²) in [5.74, 6) is -1.86. The normalized spacial score (nSPS) is 9.89. The number of carbonyl (C=O) groups is 2. The van der Waals surface area contributed by atoms with Gasteiger partial charge in [0.1, 0.15) is 11.3 Å².